The minimum absolute atomic E-state index is 0.654. The van der Waals surface area contributed by atoms with Crippen molar-refractivity contribution in [2.45, 2.75) is 6.54 Å². The monoisotopic (exact) mass is 253 g/mol. The molecule has 0 atom stereocenters. The van der Waals surface area contributed by atoms with Crippen molar-refractivity contribution < 1.29 is 0 Å². The van der Waals surface area contributed by atoms with E-state index in [1.165, 1.54) is 0 Å². The molecule has 0 unspecified atom stereocenters. The lowest BCUT2D eigenvalue weighted by molar-refractivity contribution is 0.721. The van der Waals surface area contributed by atoms with Gasteiger partial charge in [-0.1, -0.05) is 18.2 Å². The molecule has 0 fully saturated rings. The number of rotatable bonds is 3. The number of fused-ring (bicyclic) bond motifs is 1. The second kappa shape index (κ2) is 4.61. The number of para-hydroxylation sites is 1. The second-order valence-electron chi connectivity index (χ2n) is 4.41. The lowest BCUT2D eigenvalue weighted by Gasteiger charge is -2.12. The summed E-state index contributed by atoms with van der Waals surface area (Å²) in [5.41, 5.74) is 9.63. The van der Waals surface area contributed by atoms with Crippen molar-refractivity contribution in [2.24, 2.45) is 7.05 Å². The lowest BCUT2D eigenvalue weighted by Crippen LogP contribution is -2.07. The van der Waals surface area contributed by atoms with Gasteiger partial charge in [0.1, 0.15) is 0 Å². The number of hydrogen-bond acceptors (Lipinski definition) is 4. The van der Waals surface area contributed by atoms with Crippen LogP contribution in [0.5, 0.6) is 0 Å². The van der Waals surface area contributed by atoms with Crippen molar-refractivity contribution in [2.75, 3.05) is 11.1 Å². The van der Waals surface area contributed by atoms with Crippen LogP contribution in [-0.4, -0.2) is 14.8 Å². The average Bonchev–Trinajstić information content (AvgIpc) is 2.83. The molecule has 0 saturated carbocycles. The van der Waals surface area contributed by atoms with Crippen LogP contribution in [-0.2, 0) is 13.6 Å². The van der Waals surface area contributed by atoms with E-state index in [1.807, 2.05) is 42.1 Å². The van der Waals surface area contributed by atoms with Gasteiger partial charge in [-0.05, 0) is 12.1 Å². The topological polar surface area (TPSA) is 68.8 Å². The van der Waals surface area contributed by atoms with Crippen LogP contribution in [0, 0.1) is 0 Å². The molecule has 5 nitrogen and oxygen atoms in total. The van der Waals surface area contributed by atoms with Gasteiger partial charge in [0.15, 0.2) is 0 Å². The van der Waals surface area contributed by atoms with Crippen molar-refractivity contribution in [3.05, 3.63) is 48.4 Å². The predicted octanol–water partition coefficient (Wildman–Crippen LogP) is 2.16. The van der Waals surface area contributed by atoms with Gasteiger partial charge in [0.05, 0.1) is 35.3 Å². The Hall–Kier alpha value is -2.56. The van der Waals surface area contributed by atoms with Gasteiger partial charge in [-0.15, -0.1) is 0 Å². The molecule has 0 spiro atoms. The number of nitrogens with one attached hydrogen (secondary N) is 1. The molecule has 0 amide bonds. The number of benzene rings is 1. The van der Waals surface area contributed by atoms with Gasteiger partial charge in [0, 0.05) is 18.6 Å². The molecule has 0 aliphatic heterocycles. The fraction of sp³-hybridized carbons (Fsp3) is 0.143. The normalized spacial score (nSPS) is 10.8. The quantitative estimate of drug-likeness (QED) is 0.750. The van der Waals surface area contributed by atoms with Crippen LogP contribution >= 0.6 is 0 Å². The molecule has 0 aliphatic rings. The smallest absolute Gasteiger partial charge is 0.0743 e. The molecule has 2 heterocycles. The Bertz CT molecular complexity index is 717. The van der Waals surface area contributed by atoms with E-state index in [1.54, 1.807) is 12.4 Å². The summed E-state index contributed by atoms with van der Waals surface area (Å²) in [4.78, 5) is 4.32. The number of nitrogen functional groups attached to an aromatic ring is 1. The van der Waals surface area contributed by atoms with E-state index < -0.39 is 0 Å². The molecule has 19 heavy (non-hydrogen) atoms. The third kappa shape index (κ3) is 2.10. The van der Waals surface area contributed by atoms with Gasteiger partial charge in [-0.25, -0.2) is 0 Å². The Morgan fingerprint density at radius 3 is 2.89 bits per heavy atom. The van der Waals surface area contributed by atoms with E-state index in [9.17, 15) is 0 Å². The third-order valence-corrected chi connectivity index (χ3v) is 3.17. The fourth-order valence-electron chi connectivity index (χ4n) is 2.11. The standard InChI is InChI=1S/C14H15N5/c1-19-10(6-7-18-19)8-17-14-11-4-2-3-5-13(11)16-9-12(14)15/h2-7,9H,8,15H2,1H3,(H,16,17). The van der Waals surface area contributed by atoms with Crippen molar-refractivity contribution in [3.63, 3.8) is 0 Å². The van der Waals surface area contributed by atoms with Crippen LogP contribution in [0.4, 0.5) is 11.4 Å². The van der Waals surface area contributed by atoms with Crippen molar-refractivity contribution in [3.8, 4) is 0 Å². The highest BCUT2D eigenvalue weighted by molar-refractivity contribution is 5.96. The highest BCUT2D eigenvalue weighted by Crippen LogP contribution is 2.27. The number of nitrogens with zero attached hydrogens (tertiary/aromatic N) is 3. The Labute approximate surface area is 111 Å². The zero-order valence-electron chi connectivity index (χ0n) is 10.7. The molecule has 3 N–H and O–H groups in total. The summed E-state index contributed by atoms with van der Waals surface area (Å²) < 4.78 is 1.84. The number of aromatic nitrogens is 3. The van der Waals surface area contributed by atoms with Crippen LogP contribution in [0.2, 0.25) is 0 Å². The SMILES string of the molecule is Cn1nccc1CNc1c(N)cnc2ccccc12. The van der Waals surface area contributed by atoms with Crippen LogP contribution in [0.25, 0.3) is 10.9 Å². The summed E-state index contributed by atoms with van der Waals surface area (Å²) in [7, 11) is 1.92. The first-order chi connectivity index (χ1) is 9.25. The number of hydrogen-bond donors (Lipinski definition) is 2. The summed E-state index contributed by atoms with van der Waals surface area (Å²) >= 11 is 0. The zero-order chi connectivity index (χ0) is 13.2. The molecule has 3 rings (SSSR count). The van der Waals surface area contributed by atoms with E-state index in [2.05, 4.69) is 15.4 Å². The van der Waals surface area contributed by atoms with E-state index in [4.69, 9.17) is 5.73 Å². The molecule has 96 valence electrons. The lowest BCUT2D eigenvalue weighted by atomic mass is 10.1. The van der Waals surface area contributed by atoms with Crippen LogP contribution in [0.15, 0.2) is 42.7 Å². The molecule has 0 aliphatic carbocycles. The summed E-state index contributed by atoms with van der Waals surface area (Å²) in [6.45, 7) is 0.675. The van der Waals surface area contributed by atoms with Crippen LogP contribution in [0.1, 0.15) is 5.69 Å². The largest absolute Gasteiger partial charge is 0.396 e. The average molecular weight is 253 g/mol. The molecule has 2 aromatic heterocycles. The molecule has 3 aromatic rings. The first-order valence-corrected chi connectivity index (χ1v) is 6.09. The van der Waals surface area contributed by atoms with E-state index in [-0.39, 0.29) is 0 Å². The van der Waals surface area contributed by atoms with E-state index >= 15 is 0 Å². The number of aryl methyl sites for hydroxylation is 1. The van der Waals surface area contributed by atoms with Gasteiger partial charge in [0.25, 0.3) is 0 Å². The predicted molar refractivity (Wildman–Crippen MR) is 76.7 cm³/mol. The molecule has 0 radical (unpaired) electrons. The van der Waals surface area contributed by atoms with Crippen LogP contribution < -0.4 is 11.1 Å². The summed E-state index contributed by atoms with van der Waals surface area (Å²) in [6.07, 6.45) is 3.47. The number of anilines is 2. The van der Waals surface area contributed by atoms with Gasteiger partial charge in [-0.3, -0.25) is 9.67 Å². The van der Waals surface area contributed by atoms with Gasteiger partial charge < -0.3 is 11.1 Å². The highest BCUT2D eigenvalue weighted by atomic mass is 15.3. The number of pyridine rings is 1. The second-order valence-corrected chi connectivity index (χ2v) is 4.41. The zero-order valence-corrected chi connectivity index (χ0v) is 10.7. The molecule has 0 bridgehead atoms. The van der Waals surface area contributed by atoms with Crippen molar-refractivity contribution >= 4 is 22.3 Å². The van der Waals surface area contributed by atoms with Gasteiger partial charge in [-0.2, -0.15) is 5.10 Å². The first-order valence-electron chi connectivity index (χ1n) is 6.09. The highest BCUT2D eigenvalue weighted by Gasteiger charge is 2.06. The van der Waals surface area contributed by atoms with E-state index in [0.717, 1.165) is 22.3 Å². The van der Waals surface area contributed by atoms with Crippen molar-refractivity contribution in [1.29, 1.82) is 0 Å². The van der Waals surface area contributed by atoms with Crippen molar-refractivity contribution in [1.82, 2.24) is 14.8 Å². The molecular formula is C14H15N5. The summed E-state index contributed by atoms with van der Waals surface area (Å²) in [5, 5.41) is 8.55. The molecule has 0 saturated heterocycles. The van der Waals surface area contributed by atoms with E-state index in [0.29, 0.717) is 12.2 Å². The van der Waals surface area contributed by atoms with Gasteiger partial charge in [0.2, 0.25) is 0 Å². The maximum absolute atomic E-state index is 6.02. The maximum Gasteiger partial charge on any atom is 0.0743 e. The Balaban J connectivity index is 1.96. The molecular weight excluding hydrogens is 238 g/mol. The Morgan fingerprint density at radius 1 is 1.26 bits per heavy atom. The van der Waals surface area contributed by atoms with Crippen LogP contribution in [0.3, 0.4) is 0 Å². The van der Waals surface area contributed by atoms with Gasteiger partial charge >= 0.3 is 0 Å². The summed E-state index contributed by atoms with van der Waals surface area (Å²) in [5.74, 6) is 0. The minimum atomic E-state index is 0.654. The fourth-order valence-corrected chi connectivity index (χ4v) is 2.11. The number of nitrogens with two attached hydrogens (primary N) is 1. The Kier molecular flexibility index (Phi) is 2.79. The summed E-state index contributed by atoms with van der Waals surface area (Å²) in [6, 6.07) is 9.93. The molecule has 5 heteroatoms. The Morgan fingerprint density at radius 2 is 2.11 bits per heavy atom. The third-order valence-electron chi connectivity index (χ3n) is 3.17. The first kappa shape index (κ1) is 11.5. The molecule has 1 aromatic carbocycles. The minimum Gasteiger partial charge on any atom is -0.396 e. The maximum atomic E-state index is 6.02.